The van der Waals surface area contributed by atoms with Crippen LogP contribution in [-0.4, -0.2) is 15.9 Å². The molecule has 4 nitrogen and oxygen atoms in total. The van der Waals surface area contributed by atoms with Crippen LogP contribution in [0.1, 0.15) is 28.0 Å². The van der Waals surface area contributed by atoms with Crippen LogP contribution < -0.4 is 5.32 Å². The van der Waals surface area contributed by atoms with E-state index in [4.69, 9.17) is 0 Å². The van der Waals surface area contributed by atoms with Crippen LogP contribution in [0.5, 0.6) is 0 Å². The van der Waals surface area contributed by atoms with E-state index in [1.165, 1.54) is 11.3 Å². The monoisotopic (exact) mass is 247 g/mol. The Labute approximate surface area is 104 Å². The third-order valence-corrected chi connectivity index (χ3v) is 3.21. The van der Waals surface area contributed by atoms with Crippen molar-refractivity contribution >= 4 is 17.2 Å². The van der Waals surface area contributed by atoms with Gasteiger partial charge in [0.2, 0.25) is 0 Å². The van der Waals surface area contributed by atoms with Crippen LogP contribution in [0.25, 0.3) is 0 Å². The minimum absolute atomic E-state index is 0.0741. The molecule has 1 amide bonds. The van der Waals surface area contributed by atoms with Crippen molar-refractivity contribution in [3.63, 3.8) is 0 Å². The molecule has 0 bridgehead atoms. The van der Waals surface area contributed by atoms with Crippen LogP contribution >= 0.6 is 11.3 Å². The Morgan fingerprint density at radius 2 is 2.29 bits per heavy atom. The summed E-state index contributed by atoms with van der Waals surface area (Å²) in [6.07, 6.45) is 2.49. The Kier molecular flexibility index (Phi) is 3.82. The van der Waals surface area contributed by atoms with Gasteiger partial charge in [0.25, 0.3) is 5.91 Å². The largest absolute Gasteiger partial charge is 0.346 e. The number of thiazole rings is 1. The van der Waals surface area contributed by atoms with Crippen LogP contribution in [-0.2, 0) is 13.0 Å². The number of rotatable bonds is 4. The first-order valence-electron chi connectivity index (χ1n) is 5.41. The van der Waals surface area contributed by atoms with Crippen LogP contribution in [0.2, 0.25) is 0 Å². The van der Waals surface area contributed by atoms with Gasteiger partial charge in [-0.2, -0.15) is 0 Å². The molecule has 0 fully saturated rings. The highest BCUT2D eigenvalue weighted by Crippen LogP contribution is 2.13. The summed E-state index contributed by atoms with van der Waals surface area (Å²) in [6.45, 7) is 2.44. The van der Waals surface area contributed by atoms with Crippen molar-refractivity contribution in [2.45, 2.75) is 19.9 Å². The molecule has 0 aliphatic rings. The number of hydrogen-bond acceptors (Lipinski definition) is 4. The van der Waals surface area contributed by atoms with E-state index in [2.05, 4.69) is 15.3 Å². The van der Waals surface area contributed by atoms with Gasteiger partial charge in [0.15, 0.2) is 0 Å². The van der Waals surface area contributed by atoms with Crippen LogP contribution in [0.3, 0.4) is 0 Å². The average molecular weight is 247 g/mol. The van der Waals surface area contributed by atoms with Gasteiger partial charge in [-0.3, -0.25) is 9.78 Å². The lowest BCUT2D eigenvalue weighted by Crippen LogP contribution is -2.23. The second kappa shape index (κ2) is 5.54. The highest BCUT2D eigenvalue weighted by atomic mass is 32.1. The van der Waals surface area contributed by atoms with Crippen LogP contribution in [0, 0.1) is 0 Å². The molecule has 2 aromatic rings. The van der Waals surface area contributed by atoms with Gasteiger partial charge in [-0.1, -0.05) is 13.0 Å². The number of amides is 1. The van der Waals surface area contributed by atoms with Gasteiger partial charge >= 0.3 is 0 Å². The van der Waals surface area contributed by atoms with Gasteiger partial charge in [0.1, 0.15) is 4.88 Å². The predicted molar refractivity (Wildman–Crippen MR) is 66.9 cm³/mol. The average Bonchev–Trinajstić information content (AvgIpc) is 2.85. The topological polar surface area (TPSA) is 54.9 Å². The lowest BCUT2D eigenvalue weighted by Gasteiger charge is -2.03. The van der Waals surface area contributed by atoms with Crippen molar-refractivity contribution in [2.75, 3.05) is 0 Å². The summed E-state index contributed by atoms with van der Waals surface area (Å²) >= 11 is 1.37. The summed E-state index contributed by atoms with van der Waals surface area (Å²) in [5, 5.41) is 2.85. The zero-order valence-corrected chi connectivity index (χ0v) is 10.3. The predicted octanol–water partition coefficient (Wildman–Crippen LogP) is 2.03. The fourth-order valence-corrected chi connectivity index (χ4v) is 2.26. The molecule has 1 N–H and O–H groups in total. The highest BCUT2D eigenvalue weighted by Gasteiger charge is 2.12. The molecular weight excluding hydrogens is 234 g/mol. The normalized spacial score (nSPS) is 10.2. The van der Waals surface area contributed by atoms with E-state index in [1.54, 1.807) is 11.7 Å². The maximum atomic E-state index is 11.9. The second-order valence-electron chi connectivity index (χ2n) is 3.49. The lowest BCUT2D eigenvalue weighted by molar-refractivity contribution is 0.0953. The molecule has 0 spiro atoms. The number of aryl methyl sites for hydroxylation is 1. The van der Waals surface area contributed by atoms with Gasteiger partial charge < -0.3 is 5.32 Å². The second-order valence-corrected chi connectivity index (χ2v) is 4.34. The number of pyridine rings is 1. The lowest BCUT2D eigenvalue weighted by atomic mass is 10.3. The van der Waals surface area contributed by atoms with Crippen LogP contribution in [0.15, 0.2) is 29.9 Å². The Morgan fingerprint density at radius 3 is 3.00 bits per heavy atom. The summed E-state index contributed by atoms with van der Waals surface area (Å²) in [5.74, 6) is -0.0741. The smallest absolute Gasteiger partial charge is 0.263 e. The first-order chi connectivity index (χ1) is 8.31. The summed E-state index contributed by atoms with van der Waals surface area (Å²) in [4.78, 5) is 20.9. The fourth-order valence-electron chi connectivity index (χ4n) is 1.46. The van der Waals surface area contributed by atoms with E-state index >= 15 is 0 Å². The van der Waals surface area contributed by atoms with E-state index in [0.29, 0.717) is 11.4 Å². The number of hydrogen-bond donors (Lipinski definition) is 1. The Balaban J connectivity index is 1.98. The van der Waals surface area contributed by atoms with Crippen LogP contribution in [0.4, 0.5) is 0 Å². The summed E-state index contributed by atoms with van der Waals surface area (Å²) in [5.41, 5.74) is 3.41. The van der Waals surface area contributed by atoms with E-state index < -0.39 is 0 Å². The summed E-state index contributed by atoms with van der Waals surface area (Å²) in [6, 6.07) is 5.63. The molecule has 0 unspecified atom stereocenters. The zero-order chi connectivity index (χ0) is 12.1. The number of aromatic nitrogens is 2. The van der Waals surface area contributed by atoms with E-state index in [9.17, 15) is 4.79 Å². The molecular formula is C12H13N3OS. The van der Waals surface area contributed by atoms with Gasteiger partial charge in [-0.05, 0) is 18.6 Å². The third kappa shape index (κ3) is 2.88. The molecule has 0 saturated carbocycles. The molecule has 2 heterocycles. The van der Waals surface area contributed by atoms with Gasteiger partial charge in [0, 0.05) is 6.20 Å². The van der Waals surface area contributed by atoms with E-state index in [0.717, 1.165) is 17.8 Å². The van der Waals surface area contributed by atoms with Gasteiger partial charge in [0.05, 0.1) is 23.4 Å². The minimum atomic E-state index is -0.0741. The fraction of sp³-hybridized carbons (Fsp3) is 0.250. The molecule has 0 aromatic carbocycles. The SMILES string of the molecule is CCc1ncsc1C(=O)NCc1ccccn1. The number of nitrogens with one attached hydrogen (secondary N) is 1. The number of carbonyl (C=O) groups excluding carboxylic acids is 1. The van der Waals surface area contributed by atoms with E-state index in [-0.39, 0.29) is 5.91 Å². The van der Waals surface area contributed by atoms with E-state index in [1.807, 2.05) is 25.1 Å². The summed E-state index contributed by atoms with van der Waals surface area (Å²) < 4.78 is 0. The molecule has 5 heteroatoms. The first-order valence-corrected chi connectivity index (χ1v) is 6.29. The third-order valence-electron chi connectivity index (χ3n) is 2.34. The van der Waals surface area contributed by atoms with Gasteiger partial charge in [-0.15, -0.1) is 11.3 Å². The van der Waals surface area contributed by atoms with Crippen molar-refractivity contribution in [3.8, 4) is 0 Å². The molecule has 2 aromatic heterocycles. The molecule has 2 rings (SSSR count). The maximum absolute atomic E-state index is 11.9. The molecule has 0 atom stereocenters. The molecule has 0 radical (unpaired) electrons. The zero-order valence-electron chi connectivity index (χ0n) is 9.51. The standard InChI is InChI=1S/C12H13N3OS/c1-2-10-11(17-8-15-10)12(16)14-7-9-5-3-4-6-13-9/h3-6,8H,2,7H2,1H3,(H,14,16). The Hall–Kier alpha value is -1.75. The summed E-state index contributed by atoms with van der Waals surface area (Å²) in [7, 11) is 0. The number of carbonyl (C=O) groups is 1. The Morgan fingerprint density at radius 1 is 1.41 bits per heavy atom. The quantitative estimate of drug-likeness (QED) is 0.899. The van der Waals surface area contributed by atoms with Crippen molar-refractivity contribution in [1.29, 1.82) is 0 Å². The molecule has 0 saturated heterocycles. The molecule has 0 aliphatic heterocycles. The maximum Gasteiger partial charge on any atom is 0.263 e. The van der Waals surface area contributed by atoms with Crippen molar-refractivity contribution in [3.05, 3.63) is 46.2 Å². The minimum Gasteiger partial charge on any atom is -0.346 e. The van der Waals surface area contributed by atoms with Crippen molar-refractivity contribution < 1.29 is 4.79 Å². The van der Waals surface area contributed by atoms with Gasteiger partial charge in [-0.25, -0.2) is 4.98 Å². The Bertz CT molecular complexity index is 495. The molecule has 17 heavy (non-hydrogen) atoms. The van der Waals surface area contributed by atoms with Crippen molar-refractivity contribution in [2.24, 2.45) is 0 Å². The number of nitrogens with zero attached hydrogens (tertiary/aromatic N) is 2. The molecule has 88 valence electrons. The highest BCUT2D eigenvalue weighted by molar-refractivity contribution is 7.11. The molecule has 0 aliphatic carbocycles. The first kappa shape index (κ1) is 11.7. The van der Waals surface area contributed by atoms with Crippen molar-refractivity contribution in [1.82, 2.24) is 15.3 Å².